The summed E-state index contributed by atoms with van der Waals surface area (Å²) in [7, 11) is 0. The van der Waals surface area contributed by atoms with Crippen LogP contribution in [-0.4, -0.2) is 36.6 Å². The maximum atomic E-state index is 13.8. The number of halogens is 2. The van der Waals surface area contributed by atoms with Gasteiger partial charge in [-0.25, -0.2) is 8.78 Å². The zero-order valence-electron chi connectivity index (χ0n) is 13.8. The standard InChI is InChI=1S/C17H22F2N2O3/c1-17(2,5-6-22)10-20-16(24)11-7-15(23)21(9-11)14-4-3-12(18)8-13(14)19/h3-4,8,11,22H,5-7,9-10H2,1-2H3,(H,20,24). The van der Waals surface area contributed by atoms with E-state index in [2.05, 4.69) is 5.32 Å². The Hall–Kier alpha value is -2.02. The first-order valence-corrected chi connectivity index (χ1v) is 7.87. The summed E-state index contributed by atoms with van der Waals surface area (Å²) in [5, 5.41) is 11.8. The van der Waals surface area contributed by atoms with Crippen LogP contribution in [0.1, 0.15) is 26.7 Å². The highest BCUT2D eigenvalue weighted by Gasteiger charge is 2.36. The molecule has 2 rings (SSSR count). The lowest BCUT2D eigenvalue weighted by molar-refractivity contribution is -0.126. The predicted octanol–water partition coefficient (Wildman–Crippen LogP) is 1.84. The molecule has 1 aliphatic heterocycles. The molecule has 0 aromatic heterocycles. The molecular formula is C17H22F2N2O3. The summed E-state index contributed by atoms with van der Waals surface area (Å²) in [6.45, 7) is 4.31. The Morgan fingerprint density at radius 1 is 1.42 bits per heavy atom. The van der Waals surface area contributed by atoms with Crippen molar-refractivity contribution in [3.8, 4) is 0 Å². The van der Waals surface area contributed by atoms with Crippen molar-refractivity contribution >= 4 is 17.5 Å². The Labute approximate surface area is 139 Å². The molecule has 0 saturated carbocycles. The van der Waals surface area contributed by atoms with Crippen LogP contribution < -0.4 is 10.2 Å². The second-order valence-electron chi connectivity index (χ2n) is 6.86. The van der Waals surface area contributed by atoms with Gasteiger partial charge in [-0.2, -0.15) is 0 Å². The number of aliphatic hydroxyl groups excluding tert-OH is 1. The second-order valence-corrected chi connectivity index (χ2v) is 6.86. The third-order valence-corrected chi connectivity index (χ3v) is 4.23. The Kier molecular flexibility index (Phi) is 5.54. The highest BCUT2D eigenvalue weighted by atomic mass is 19.1. The minimum absolute atomic E-state index is 0.0108. The number of benzene rings is 1. The molecule has 1 aromatic carbocycles. The van der Waals surface area contributed by atoms with Crippen molar-refractivity contribution in [1.29, 1.82) is 0 Å². The fraction of sp³-hybridized carbons (Fsp3) is 0.529. The summed E-state index contributed by atoms with van der Waals surface area (Å²) < 4.78 is 26.8. The largest absolute Gasteiger partial charge is 0.396 e. The van der Waals surface area contributed by atoms with Crippen LogP contribution in [0, 0.1) is 23.0 Å². The number of nitrogens with zero attached hydrogens (tertiary/aromatic N) is 1. The van der Waals surface area contributed by atoms with E-state index in [1.807, 2.05) is 13.8 Å². The van der Waals surface area contributed by atoms with Gasteiger partial charge in [-0.15, -0.1) is 0 Å². The number of nitrogens with one attached hydrogen (secondary N) is 1. The maximum absolute atomic E-state index is 13.8. The summed E-state index contributed by atoms with van der Waals surface area (Å²) >= 11 is 0. The van der Waals surface area contributed by atoms with Crippen molar-refractivity contribution in [3.05, 3.63) is 29.8 Å². The van der Waals surface area contributed by atoms with Crippen molar-refractivity contribution in [1.82, 2.24) is 5.32 Å². The maximum Gasteiger partial charge on any atom is 0.227 e. The van der Waals surface area contributed by atoms with Crippen molar-refractivity contribution in [2.45, 2.75) is 26.7 Å². The quantitative estimate of drug-likeness (QED) is 0.830. The molecule has 1 fully saturated rings. The number of hydrogen-bond acceptors (Lipinski definition) is 3. The first-order chi connectivity index (χ1) is 11.2. The number of carbonyl (C=O) groups excluding carboxylic acids is 2. The molecule has 1 aliphatic rings. The summed E-state index contributed by atoms with van der Waals surface area (Å²) in [6.07, 6.45) is 0.535. The fourth-order valence-corrected chi connectivity index (χ4v) is 2.68. The van der Waals surface area contributed by atoms with E-state index >= 15 is 0 Å². The van der Waals surface area contributed by atoms with Gasteiger partial charge < -0.3 is 15.3 Å². The van der Waals surface area contributed by atoms with Crippen molar-refractivity contribution in [3.63, 3.8) is 0 Å². The van der Waals surface area contributed by atoms with Gasteiger partial charge in [0.2, 0.25) is 11.8 Å². The number of carbonyl (C=O) groups is 2. The molecular weight excluding hydrogens is 318 g/mol. The zero-order valence-corrected chi connectivity index (χ0v) is 13.8. The molecule has 7 heteroatoms. The van der Waals surface area contributed by atoms with E-state index in [1.54, 1.807) is 0 Å². The number of hydrogen-bond donors (Lipinski definition) is 2. The van der Waals surface area contributed by atoms with Gasteiger partial charge in [0.1, 0.15) is 11.6 Å². The van der Waals surface area contributed by atoms with Gasteiger partial charge >= 0.3 is 0 Å². The lowest BCUT2D eigenvalue weighted by Crippen LogP contribution is -2.39. The van der Waals surface area contributed by atoms with Crippen molar-refractivity contribution in [2.24, 2.45) is 11.3 Å². The summed E-state index contributed by atoms with van der Waals surface area (Å²) in [5.41, 5.74) is -0.271. The van der Waals surface area contributed by atoms with Crippen molar-refractivity contribution in [2.75, 3.05) is 24.6 Å². The molecule has 1 unspecified atom stereocenters. The SMILES string of the molecule is CC(C)(CCO)CNC(=O)C1CC(=O)N(c2ccc(F)cc2F)C1. The molecule has 2 amide bonds. The molecule has 1 heterocycles. The van der Waals surface area contributed by atoms with Crippen LogP contribution in [-0.2, 0) is 9.59 Å². The van der Waals surface area contributed by atoms with E-state index in [-0.39, 0.29) is 42.5 Å². The van der Waals surface area contributed by atoms with Crippen LogP contribution in [0.5, 0.6) is 0 Å². The van der Waals surface area contributed by atoms with E-state index in [4.69, 9.17) is 5.11 Å². The third-order valence-electron chi connectivity index (χ3n) is 4.23. The van der Waals surface area contributed by atoms with E-state index in [9.17, 15) is 18.4 Å². The molecule has 0 aliphatic carbocycles. The lowest BCUT2D eigenvalue weighted by Gasteiger charge is -2.24. The van der Waals surface area contributed by atoms with Gasteiger partial charge in [0.25, 0.3) is 0 Å². The van der Waals surface area contributed by atoms with Gasteiger partial charge in [0.05, 0.1) is 11.6 Å². The smallest absolute Gasteiger partial charge is 0.227 e. The normalized spacial score (nSPS) is 18.1. The monoisotopic (exact) mass is 340 g/mol. The van der Waals surface area contributed by atoms with Crippen LogP contribution >= 0.6 is 0 Å². The Bertz CT molecular complexity index is 634. The highest BCUT2D eigenvalue weighted by molar-refractivity contribution is 6.00. The van der Waals surface area contributed by atoms with Crippen LogP contribution in [0.2, 0.25) is 0 Å². The molecule has 1 aromatic rings. The Balaban J connectivity index is 2.00. The van der Waals surface area contributed by atoms with Crippen LogP contribution in [0.15, 0.2) is 18.2 Å². The molecule has 0 spiro atoms. The van der Waals surface area contributed by atoms with Gasteiger partial charge in [-0.1, -0.05) is 13.8 Å². The Morgan fingerprint density at radius 2 is 2.12 bits per heavy atom. The van der Waals surface area contributed by atoms with Gasteiger partial charge in [0, 0.05) is 32.2 Å². The first kappa shape index (κ1) is 18.3. The van der Waals surface area contributed by atoms with E-state index < -0.39 is 17.6 Å². The Morgan fingerprint density at radius 3 is 2.75 bits per heavy atom. The molecule has 2 N–H and O–H groups in total. The molecule has 5 nitrogen and oxygen atoms in total. The molecule has 24 heavy (non-hydrogen) atoms. The lowest BCUT2D eigenvalue weighted by atomic mass is 9.89. The topological polar surface area (TPSA) is 69.6 Å². The van der Waals surface area contributed by atoms with Crippen LogP contribution in [0.25, 0.3) is 0 Å². The first-order valence-electron chi connectivity index (χ1n) is 7.87. The van der Waals surface area contributed by atoms with E-state index in [0.717, 1.165) is 6.07 Å². The number of amides is 2. The van der Waals surface area contributed by atoms with Crippen LogP contribution in [0.3, 0.4) is 0 Å². The molecule has 0 bridgehead atoms. The average Bonchev–Trinajstić information content (AvgIpc) is 2.87. The van der Waals surface area contributed by atoms with Crippen LogP contribution in [0.4, 0.5) is 14.5 Å². The molecule has 1 atom stereocenters. The van der Waals surface area contributed by atoms with Gasteiger partial charge in [-0.3, -0.25) is 9.59 Å². The number of anilines is 1. The number of rotatable bonds is 6. The minimum atomic E-state index is -0.825. The fourth-order valence-electron chi connectivity index (χ4n) is 2.68. The minimum Gasteiger partial charge on any atom is -0.396 e. The summed E-state index contributed by atoms with van der Waals surface area (Å²) in [5.74, 6) is -2.77. The summed E-state index contributed by atoms with van der Waals surface area (Å²) in [6, 6.07) is 3.00. The van der Waals surface area contributed by atoms with E-state index in [0.29, 0.717) is 19.0 Å². The van der Waals surface area contributed by atoms with E-state index in [1.165, 1.54) is 11.0 Å². The predicted molar refractivity (Wildman–Crippen MR) is 85.3 cm³/mol. The van der Waals surface area contributed by atoms with Gasteiger partial charge in [0.15, 0.2) is 0 Å². The third kappa shape index (κ3) is 4.29. The molecule has 132 valence electrons. The second kappa shape index (κ2) is 7.25. The highest BCUT2D eigenvalue weighted by Crippen LogP contribution is 2.28. The number of aliphatic hydroxyl groups is 1. The van der Waals surface area contributed by atoms with Gasteiger partial charge in [-0.05, 0) is 24.0 Å². The average molecular weight is 340 g/mol. The molecule has 0 radical (unpaired) electrons. The van der Waals surface area contributed by atoms with Crippen molar-refractivity contribution < 1.29 is 23.5 Å². The zero-order chi connectivity index (χ0) is 17.9. The summed E-state index contributed by atoms with van der Waals surface area (Å²) in [4.78, 5) is 25.5. The molecule has 1 saturated heterocycles.